The molecule has 0 saturated carbocycles. The highest BCUT2D eigenvalue weighted by molar-refractivity contribution is 5.94. The number of anilines is 1. The van der Waals surface area contributed by atoms with Crippen LogP contribution in [0.4, 0.5) is 10.2 Å². The number of halogens is 1. The molecule has 2 atom stereocenters. The number of aryl methyl sites for hydroxylation is 1. The van der Waals surface area contributed by atoms with Gasteiger partial charge in [-0.05, 0) is 54.8 Å². The molecule has 1 saturated heterocycles. The molecule has 1 amide bonds. The summed E-state index contributed by atoms with van der Waals surface area (Å²) in [5, 5.41) is 7.75. The molecule has 4 aromatic rings. The monoisotopic (exact) mass is 450 g/mol. The number of rotatable bonds is 5. The molecular formula is C24H27FN6O2. The van der Waals surface area contributed by atoms with Crippen molar-refractivity contribution in [1.29, 1.82) is 0 Å². The van der Waals surface area contributed by atoms with Gasteiger partial charge in [0, 0.05) is 21.6 Å². The SMILES string of the molecule is CCc1cnc2ccc(N3CC(NC(=O)c4ccc[nH]c4=O)C[C@@H]3c3cccc(F)c3)nn12.[HH].[HH]. The molecule has 1 aliphatic heterocycles. The highest BCUT2D eigenvalue weighted by Crippen LogP contribution is 2.36. The fraction of sp³-hybridized carbons (Fsp3) is 0.250. The summed E-state index contributed by atoms with van der Waals surface area (Å²) in [5.74, 6) is -0.0474. The highest BCUT2D eigenvalue weighted by Gasteiger charge is 2.35. The number of nitrogens with zero attached hydrogens (tertiary/aromatic N) is 4. The Balaban J connectivity index is 0.00000171. The molecule has 0 aliphatic carbocycles. The molecule has 0 radical (unpaired) electrons. The molecule has 33 heavy (non-hydrogen) atoms. The smallest absolute Gasteiger partial charge is 0.260 e. The first kappa shape index (κ1) is 20.9. The Morgan fingerprint density at radius 2 is 2.15 bits per heavy atom. The standard InChI is InChI=1S/C24H23FN6O2.2H2/c1-2-18-13-27-21-8-9-22(29-31(18)21)30-14-17(12-20(30)15-5-3-6-16(25)11-15)28-24(33)19-7-4-10-26-23(19)32;;/h3-11,13,17,20H,2,12,14H2,1H3,(H,26,32)(H,28,33);2*1H/t17?,20-;;/m1../s1. The van der Waals surface area contributed by atoms with Gasteiger partial charge in [0.25, 0.3) is 11.5 Å². The second kappa shape index (κ2) is 8.50. The van der Waals surface area contributed by atoms with Crippen LogP contribution in [0, 0.1) is 5.82 Å². The number of benzene rings is 1. The van der Waals surface area contributed by atoms with Gasteiger partial charge in [-0.1, -0.05) is 19.1 Å². The summed E-state index contributed by atoms with van der Waals surface area (Å²) in [6, 6.07) is 12.9. The third-order valence-corrected chi connectivity index (χ3v) is 6.01. The first-order valence-corrected chi connectivity index (χ1v) is 10.9. The van der Waals surface area contributed by atoms with E-state index in [9.17, 15) is 14.0 Å². The number of nitrogens with one attached hydrogen (secondary N) is 2. The van der Waals surface area contributed by atoms with E-state index in [2.05, 4.69) is 20.2 Å². The van der Waals surface area contributed by atoms with Crippen molar-refractivity contribution in [3.63, 3.8) is 0 Å². The van der Waals surface area contributed by atoms with Crippen LogP contribution in [-0.4, -0.2) is 38.1 Å². The Morgan fingerprint density at radius 3 is 2.94 bits per heavy atom. The number of H-pyrrole nitrogens is 1. The van der Waals surface area contributed by atoms with Crippen molar-refractivity contribution in [3.05, 3.63) is 93.9 Å². The van der Waals surface area contributed by atoms with E-state index in [1.807, 2.05) is 29.6 Å². The molecule has 172 valence electrons. The summed E-state index contributed by atoms with van der Waals surface area (Å²) >= 11 is 0. The van der Waals surface area contributed by atoms with Gasteiger partial charge in [-0.15, -0.1) is 5.10 Å². The van der Waals surface area contributed by atoms with E-state index in [1.165, 1.54) is 24.4 Å². The molecule has 0 bridgehead atoms. The second-order valence-corrected chi connectivity index (χ2v) is 8.11. The lowest BCUT2D eigenvalue weighted by Gasteiger charge is -2.26. The van der Waals surface area contributed by atoms with Gasteiger partial charge in [0.2, 0.25) is 0 Å². The van der Waals surface area contributed by atoms with E-state index in [4.69, 9.17) is 5.10 Å². The van der Waals surface area contributed by atoms with Crippen molar-refractivity contribution in [2.45, 2.75) is 31.8 Å². The number of carbonyl (C=O) groups excluding carboxylic acids is 1. The van der Waals surface area contributed by atoms with Crippen LogP contribution in [0.2, 0.25) is 0 Å². The number of hydrogen-bond donors (Lipinski definition) is 2. The molecule has 1 unspecified atom stereocenters. The predicted molar refractivity (Wildman–Crippen MR) is 126 cm³/mol. The molecule has 3 aromatic heterocycles. The van der Waals surface area contributed by atoms with Crippen LogP contribution in [0.3, 0.4) is 0 Å². The van der Waals surface area contributed by atoms with Crippen molar-refractivity contribution in [2.75, 3.05) is 11.4 Å². The number of carbonyl (C=O) groups is 1. The second-order valence-electron chi connectivity index (χ2n) is 8.11. The highest BCUT2D eigenvalue weighted by atomic mass is 19.1. The number of amides is 1. The molecule has 9 heteroatoms. The van der Waals surface area contributed by atoms with Crippen LogP contribution < -0.4 is 15.8 Å². The molecule has 1 aliphatic rings. The van der Waals surface area contributed by atoms with E-state index < -0.39 is 11.5 Å². The maximum atomic E-state index is 14.0. The van der Waals surface area contributed by atoms with Crippen LogP contribution in [0.15, 0.2) is 65.7 Å². The third kappa shape index (κ3) is 3.97. The number of hydrogen-bond acceptors (Lipinski definition) is 5. The van der Waals surface area contributed by atoms with Gasteiger partial charge >= 0.3 is 0 Å². The number of aromatic nitrogens is 4. The molecule has 2 N–H and O–H groups in total. The van der Waals surface area contributed by atoms with E-state index in [-0.39, 0.29) is 26.3 Å². The Hall–Kier alpha value is -4.01. The molecule has 4 heterocycles. The summed E-state index contributed by atoms with van der Waals surface area (Å²) in [6.07, 6.45) is 4.62. The topological polar surface area (TPSA) is 95.4 Å². The van der Waals surface area contributed by atoms with Crippen LogP contribution in [0.25, 0.3) is 5.65 Å². The van der Waals surface area contributed by atoms with E-state index >= 15 is 0 Å². The van der Waals surface area contributed by atoms with E-state index in [0.717, 1.165) is 23.3 Å². The zero-order chi connectivity index (χ0) is 22.9. The third-order valence-electron chi connectivity index (χ3n) is 6.01. The van der Waals surface area contributed by atoms with Crippen molar-refractivity contribution in [3.8, 4) is 0 Å². The van der Waals surface area contributed by atoms with Crippen molar-refractivity contribution >= 4 is 17.4 Å². The zero-order valence-corrected chi connectivity index (χ0v) is 18.0. The molecular weight excluding hydrogens is 423 g/mol. The minimum absolute atomic E-state index is 0. The lowest BCUT2D eigenvalue weighted by Crippen LogP contribution is -2.39. The number of aromatic amines is 1. The summed E-state index contributed by atoms with van der Waals surface area (Å²) < 4.78 is 15.8. The number of fused-ring (bicyclic) bond motifs is 1. The molecule has 1 aromatic carbocycles. The summed E-state index contributed by atoms with van der Waals surface area (Å²) in [5.41, 5.74) is 2.16. The van der Waals surface area contributed by atoms with Gasteiger partial charge in [-0.3, -0.25) is 9.59 Å². The average molecular weight is 451 g/mol. The molecule has 8 nitrogen and oxygen atoms in total. The Bertz CT molecular complexity index is 1390. The van der Waals surface area contributed by atoms with Crippen LogP contribution in [-0.2, 0) is 6.42 Å². The Labute approximate surface area is 192 Å². The van der Waals surface area contributed by atoms with Gasteiger partial charge in [-0.2, -0.15) is 0 Å². The van der Waals surface area contributed by atoms with Gasteiger partial charge < -0.3 is 15.2 Å². The van der Waals surface area contributed by atoms with Crippen LogP contribution in [0.1, 0.15) is 43.9 Å². The first-order chi connectivity index (χ1) is 16.0. The molecule has 1 fully saturated rings. The van der Waals surface area contributed by atoms with Gasteiger partial charge in [0.15, 0.2) is 5.65 Å². The van der Waals surface area contributed by atoms with E-state index in [1.54, 1.807) is 18.3 Å². The lowest BCUT2D eigenvalue weighted by molar-refractivity contribution is 0.0938. The number of imidazole rings is 1. The Kier molecular flexibility index (Phi) is 5.37. The zero-order valence-electron chi connectivity index (χ0n) is 18.0. The normalized spacial score (nSPS) is 18.1. The summed E-state index contributed by atoms with van der Waals surface area (Å²) in [4.78, 5) is 33.7. The first-order valence-electron chi connectivity index (χ1n) is 10.9. The summed E-state index contributed by atoms with van der Waals surface area (Å²) in [6.45, 7) is 2.51. The molecule has 0 spiro atoms. The van der Waals surface area contributed by atoms with Gasteiger partial charge in [-0.25, -0.2) is 13.9 Å². The fourth-order valence-electron chi connectivity index (χ4n) is 4.39. The van der Waals surface area contributed by atoms with Crippen LogP contribution in [0.5, 0.6) is 0 Å². The Morgan fingerprint density at radius 1 is 1.27 bits per heavy atom. The molecule has 5 rings (SSSR count). The maximum absolute atomic E-state index is 14.0. The van der Waals surface area contributed by atoms with Crippen LogP contribution >= 0.6 is 0 Å². The minimum atomic E-state index is -0.439. The van der Waals surface area contributed by atoms with Gasteiger partial charge in [0.1, 0.15) is 17.2 Å². The van der Waals surface area contributed by atoms with E-state index in [0.29, 0.717) is 18.8 Å². The predicted octanol–water partition coefficient (Wildman–Crippen LogP) is 3.36. The van der Waals surface area contributed by atoms with Crippen molar-refractivity contribution in [2.24, 2.45) is 0 Å². The maximum Gasteiger partial charge on any atom is 0.260 e. The summed E-state index contributed by atoms with van der Waals surface area (Å²) in [7, 11) is 0. The fourth-order valence-corrected chi connectivity index (χ4v) is 4.39. The number of pyridine rings is 1. The largest absolute Gasteiger partial charge is 0.347 e. The van der Waals surface area contributed by atoms with Crippen molar-refractivity contribution < 1.29 is 12.0 Å². The quantitative estimate of drug-likeness (QED) is 0.486. The lowest BCUT2D eigenvalue weighted by atomic mass is 10.0. The average Bonchev–Trinajstić information content (AvgIpc) is 3.42. The van der Waals surface area contributed by atoms with Gasteiger partial charge in [0.05, 0.1) is 17.9 Å². The van der Waals surface area contributed by atoms with Crippen molar-refractivity contribution in [1.82, 2.24) is 24.9 Å². The minimum Gasteiger partial charge on any atom is -0.347 e.